The summed E-state index contributed by atoms with van der Waals surface area (Å²) >= 11 is 0. The van der Waals surface area contributed by atoms with E-state index in [1.807, 2.05) is 6.92 Å². The van der Waals surface area contributed by atoms with E-state index in [9.17, 15) is 9.59 Å². The molecule has 3 N–H and O–H groups in total. The van der Waals surface area contributed by atoms with E-state index in [-0.39, 0.29) is 12.1 Å². The van der Waals surface area contributed by atoms with E-state index >= 15 is 0 Å². The molecule has 0 radical (unpaired) electrons. The summed E-state index contributed by atoms with van der Waals surface area (Å²) in [6.07, 6.45) is 9.05. The Bertz CT molecular complexity index is 325. The van der Waals surface area contributed by atoms with Gasteiger partial charge in [0.15, 0.2) is 0 Å². The van der Waals surface area contributed by atoms with Crippen LogP contribution in [0.4, 0.5) is 4.79 Å². The molecule has 0 saturated heterocycles. The minimum Gasteiger partial charge on any atom is -0.480 e. The first kappa shape index (κ1) is 17.8. The predicted molar refractivity (Wildman–Crippen MR) is 83.3 cm³/mol. The molecule has 5 heteroatoms. The molecule has 0 aromatic rings. The van der Waals surface area contributed by atoms with Gasteiger partial charge in [-0.3, -0.25) is 0 Å². The SMILES string of the molecule is CCCC[C@H](NC(=O)NC1CCC(CCC)CC1)C(=O)O. The highest BCUT2D eigenvalue weighted by Crippen LogP contribution is 2.27. The molecule has 0 unspecified atom stereocenters. The molecule has 1 saturated carbocycles. The van der Waals surface area contributed by atoms with E-state index < -0.39 is 12.0 Å². The molecule has 0 aromatic heterocycles. The summed E-state index contributed by atoms with van der Waals surface area (Å²) in [5.74, 6) is -0.155. The Morgan fingerprint density at radius 3 is 2.33 bits per heavy atom. The number of carboxylic acids is 1. The Morgan fingerprint density at radius 2 is 1.81 bits per heavy atom. The highest BCUT2D eigenvalue weighted by Gasteiger charge is 2.24. The monoisotopic (exact) mass is 298 g/mol. The lowest BCUT2D eigenvalue weighted by molar-refractivity contribution is -0.139. The molecule has 1 fully saturated rings. The van der Waals surface area contributed by atoms with Crippen molar-refractivity contribution < 1.29 is 14.7 Å². The number of aliphatic carboxylic acids is 1. The predicted octanol–water partition coefficient (Wildman–Crippen LogP) is 3.29. The van der Waals surface area contributed by atoms with Crippen LogP contribution in [0.25, 0.3) is 0 Å². The largest absolute Gasteiger partial charge is 0.480 e. The number of hydrogen-bond donors (Lipinski definition) is 3. The second-order valence-electron chi connectivity index (χ2n) is 6.16. The van der Waals surface area contributed by atoms with Crippen LogP contribution in [0.2, 0.25) is 0 Å². The number of nitrogens with one attached hydrogen (secondary N) is 2. The zero-order chi connectivity index (χ0) is 15.7. The van der Waals surface area contributed by atoms with Crippen LogP contribution >= 0.6 is 0 Å². The smallest absolute Gasteiger partial charge is 0.326 e. The fourth-order valence-electron chi connectivity index (χ4n) is 3.05. The first-order chi connectivity index (χ1) is 10.1. The normalized spacial score (nSPS) is 23.3. The molecule has 1 atom stereocenters. The summed E-state index contributed by atoms with van der Waals surface area (Å²) in [4.78, 5) is 23.0. The Balaban J connectivity index is 2.31. The molecule has 0 aromatic carbocycles. The van der Waals surface area contributed by atoms with Gasteiger partial charge in [0.1, 0.15) is 6.04 Å². The van der Waals surface area contributed by atoms with Crippen molar-refractivity contribution in [3.63, 3.8) is 0 Å². The van der Waals surface area contributed by atoms with Crippen molar-refractivity contribution in [2.75, 3.05) is 0 Å². The van der Waals surface area contributed by atoms with Gasteiger partial charge in [-0.2, -0.15) is 0 Å². The quantitative estimate of drug-likeness (QED) is 0.643. The van der Waals surface area contributed by atoms with Crippen LogP contribution in [-0.2, 0) is 4.79 Å². The number of carbonyl (C=O) groups is 2. The summed E-state index contributed by atoms with van der Waals surface area (Å²) in [5, 5.41) is 14.6. The van der Waals surface area contributed by atoms with E-state index in [0.29, 0.717) is 6.42 Å². The van der Waals surface area contributed by atoms with Crippen molar-refractivity contribution in [2.45, 2.75) is 83.7 Å². The van der Waals surface area contributed by atoms with Crippen LogP contribution in [0.1, 0.15) is 71.6 Å². The third-order valence-electron chi connectivity index (χ3n) is 4.33. The maximum atomic E-state index is 11.9. The fourth-order valence-corrected chi connectivity index (χ4v) is 3.05. The van der Waals surface area contributed by atoms with Gasteiger partial charge < -0.3 is 15.7 Å². The lowest BCUT2D eigenvalue weighted by atomic mass is 9.83. The summed E-state index contributed by atoms with van der Waals surface area (Å²) < 4.78 is 0. The topological polar surface area (TPSA) is 78.4 Å². The zero-order valence-electron chi connectivity index (χ0n) is 13.4. The minimum atomic E-state index is -0.953. The van der Waals surface area contributed by atoms with Crippen molar-refractivity contribution in [3.8, 4) is 0 Å². The van der Waals surface area contributed by atoms with Gasteiger partial charge >= 0.3 is 12.0 Å². The molecular formula is C16H30N2O3. The van der Waals surface area contributed by atoms with Crippen molar-refractivity contribution in [3.05, 3.63) is 0 Å². The van der Waals surface area contributed by atoms with Crippen LogP contribution in [0.15, 0.2) is 0 Å². The van der Waals surface area contributed by atoms with Crippen LogP contribution in [0.5, 0.6) is 0 Å². The number of unbranched alkanes of at least 4 members (excludes halogenated alkanes) is 1. The molecule has 1 rings (SSSR count). The zero-order valence-corrected chi connectivity index (χ0v) is 13.4. The van der Waals surface area contributed by atoms with Crippen LogP contribution < -0.4 is 10.6 Å². The molecule has 1 aliphatic carbocycles. The molecule has 2 amide bonds. The molecule has 0 heterocycles. The van der Waals surface area contributed by atoms with Gasteiger partial charge in [0.05, 0.1) is 0 Å². The van der Waals surface area contributed by atoms with Crippen molar-refractivity contribution >= 4 is 12.0 Å². The molecule has 122 valence electrons. The van der Waals surface area contributed by atoms with Crippen molar-refractivity contribution in [1.82, 2.24) is 10.6 Å². The third-order valence-corrected chi connectivity index (χ3v) is 4.33. The van der Waals surface area contributed by atoms with E-state index in [1.165, 1.54) is 12.8 Å². The van der Waals surface area contributed by atoms with Crippen LogP contribution in [0, 0.1) is 5.92 Å². The van der Waals surface area contributed by atoms with Gasteiger partial charge in [-0.15, -0.1) is 0 Å². The van der Waals surface area contributed by atoms with E-state index in [2.05, 4.69) is 17.6 Å². The van der Waals surface area contributed by atoms with Crippen molar-refractivity contribution in [1.29, 1.82) is 0 Å². The number of hydrogen-bond acceptors (Lipinski definition) is 2. The summed E-state index contributed by atoms with van der Waals surface area (Å²) in [5.41, 5.74) is 0. The molecule has 1 aliphatic rings. The molecule has 21 heavy (non-hydrogen) atoms. The number of carbonyl (C=O) groups excluding carboxylic acids is 1. The van der Waals surface area contributed by atoms with Gasteiger partial charge in [0.2, 0.25) is 0 Å². The van der Waals surface area contributed by atoms with E-state index in [1.54, 1.807) is 0 Å². The third kappa shape index (κ3) is 6.82. The first-order valence-corrected chi connectivity index (χ1v) is 8.36. The summed E-state index contributed by atoms with van der Waals surface area (Å²) in [7, 11) is 0. The van der Waals surface area contributed by atoms with Gasteiger partial charge in [-0.25, -0.2) is 9.59 Å². The van der Waals surface area contributed by atoms with E-state index in [4.69, 9.17) is 5.11 Å². The fraction of sp³-hybridized carbons (Fsp3) is 0.875. The number of amides is 2. The average molecular weight is 298 g/mol. The Morgan fingerprint density at radius 1 is 1.14 bits per heavy atom. The molecule has 5 nitrogen and oxygen atoms in total. The summed E-state index contributed by atoms with van der Waals surface area (Å²) in [6, 6.07) is -0.919. The number of rotatable bonds is 8. The molecule has 0 aliphatic heterocycles. The second-order valence-corrected chi connectivity index (χ2v) is 6.16. The Kier molecular flexibility index (Phi) is 8.16. The standard InChI is InChI=1S/C16H30N2O3/c1-3-5-7-14(15(19)20)18-16(21)17-13-10-8-12(6-4-2)9-11-13/h12-14H,3-11H2,1-2H3,(H,19,20)(H2,17,18,21)/t12?,13?,14-/m0/s1. The summed E-state index contributed by atoms with van der Waals surface area (Å²) in [6.45, 7) is 4.22. The van der Waals surface area contributed by atoms with Crippen LogP contribution in [0.3, 0.4) is 0 Å². The lowest BCUT2D eigenvalue weighted by Gasteiger charge is -2.29. The highest BCUT2D eigenvalue weighted by atomic mass is 16.4. The number of urea groups is 1. The second kappa shape index (κ2) is 9.64. The number of carboxylic acid groups (broad SMARTS) is 1. The molecular weight excluding hydrogens is 268 g/mol. The maximum absolute atomic E-state index is 11.9. The van der Waals surface area contributed by atoms with Crippen molar-refractivity contribution in [2.24, 2.45) is 5.92 Å². The maximum Gasteiger partial charge on any atom is 0.326 e. The molecule has 0 spiro atoms. The Labute approximate surface area is 127 Å². The average Bonchev–Trinajstić information content (AvgIpc) is 2.45. The lowest BCUT2D eigenvalue weighted by Crippen LogP contribution is -2.49. The van der Waals surface area contributed by atoms with Gasteiger partial charge in [0, 0.05) is 6.04 Å². The highest BCUT2D eigenvalue weighted by molar-refractivity contribution is 5.82. The molecule has 0 bridgehead atoms. The first-order valence-electron chi connectivity index (χ1n) is 8.36. The van der Waals surface area contributed by atoms with Crippen LogP contribution in [-0.4, -0.2) is 29.2 Å². The van der Waals surface area contributed by atoms with E-state index in [0.717, 1.165) is 44.4 Å². The Hall–Kier alpha value is -1.26. The minimum absolute atomic E-state index is 0.193. The van der Waals surface area contributed by atoms with Gasteiger partial charge in [0.25, 0.3) is 0 Å². The van der Waals surface area contributed by atoms with Gasteiger partial charge in [-0.05, 0) is 38.0 Å². The van der Waals surface area contributed by atoms with Gasteiger partial charge in [-0.1, -0.05) is 39.5 Å².